The smallest absolute Gasteiger partial charge is 0.349 e. The molecule has 0 fully saturated rings. The van der Waals surface area contributed by atoms with E-state index in [1.807, 2.05) is 37.2 Å². The predicted molar refractivity (Wildman–Crippen MR) is 97.3 cm³/mol. The molecular weight excluding hydrogens is 334 g/mol. The van der Waals surface area contributed by atoms with Gasteiger partial charge in [-0.3, -0.25) is 10.1 Å². The molecule has 26 heavy (non-hydrogen) atoms. The highest BCUT2D eigenvalue weighted by Crippen LogP contribution is 2.16. The molecule has 0 aromatic heterocycles. The van der Waals surface area contributed by atoms with Gasteiger partial charge in [0, 0.05) is 31.9 Å². The number of hydrogen-bond donors (Lipinski definition) is 0. The largest absolute Gasteiger partial charge is 0.457 e. The van der Waals surface area contributed by atoms with E-state index in [9.17, 15) is 20.2 Å². The average Bonchev–Trinajstić information content (AvgIpc) is 2.64. The first-order valence-electron chi connectivity index (χ1n) is 7.70. The van der Waals surface area contributed by atoms with Crippen LogP contribution < -0.4 is 4.90 Å². The zero-order chi connectivity index (χ0) is 19.1. The van der Waals surface area contributed by atoms with Gasteiger partial charge in [0.2, 0.25) is 0 Å². The Labute approximate surface area is 150 Å². The van der Waals surface area contributed by atoms with Crippen molar-refractivity contribution in [2.24, 2.45) is 0 Å². The molecule has 132 valence electrons. The number of carbonyl (C=O) groups excluding carboxylic acids is 1. The number of hydrogen-bond acceptors (Lipinski definition) is 6. The van der Waals surface area contributed by atoms with Gasteiger partial charge < -0.3 is 9.64 Å². The number of ether oxygens (including phenoxy) is 1. The number of nitrogens with zero attached hydrogens (tertiary/aromatic N) is 3. The van der Waals surface area contributed by atoms with E-state index in [-0.39, 0.29) is 17.9 Å². The number of benzene rings is 2. The lowest BCUT2D eigenvalue weighted by Crippen LogP contribution is -2.08. The molecule has 0 atom stereocenters. The summed E-state index contributed by atoms with van der Waals surface area (Å²) in [6.07, 6.45) is 1.46. The summed E-state index contributed by atoms with van der Waals surface area (Å²) in [5.74, 6) is -0.748. The SMILES string of the molecule is CN(C)c1ccc(/C=C(\C#N)C(=O)OCc2ccc([N+](=O)[O-])cc2)cc1. The summed E-state index contributed by atoms with van der Waals surface area (Å²) in [6.45, 7) is -0.0740. The van der Waals surface area contributed by atoms with Crippen molar-refractivity contribution >= 4 is 23.4 Å². The minimum absolute atomic E-state index is 0.0427. The molecule has 0 bridgehead atoms. The molecule has 0 aliphatic rings. The minimum Gasteiger partial charge on any atom is -0.457 e. The van der Waals surface area contributed by atoms with Gasteiger partial charge in [0.05, 0.1) is 4.92 Å². The number of nitro benzene ring substituents is 1. The number of anilines is 1. The molecule has 0 amide bonds. The van der Waals surface area contributed by atoms with Crippen molar-refractivity contribution in [1.29, 1.82) is 5.26 Å². The van der Waals surface area contributed by atoms with Crippen LogP contribution in [0.5, 0.6) is 0 Å². The summed E-state index contributed by atoms with van der Waals surface area (Å²) in [5.41, 5.74) is 2.14. The number of esters is 1. The van der Waals surface area contributed by atoms with Crippen LogP contribution in [0.15, 0.2) is 54.1 Å². The summed E-state index contributed by atoms with van der Waals surface area (Å²) < 4.78 is 5.11. The maximum absolute atomic E-state index is 12.1. The van der Waals surface area contributed by atoms with E-state index >= 15 is 0 Å². The molecule has 2 rings (SSSR count). The number of nitriles is 1. The summed E-state index contributed by atoms with van der Waals surface area (Å²) in [6, 6.07) is 14.9. The van der Waals surface area contributed by atoms with Crippen molar-refractivity contribution < 1.29 is 14.5 Å². The molecule has 0 saturated carbocycles. The Morgan fingerprint density at radius 1 is 1.19 bits per heavy atom. The van der Waals surface area contributed by atoms with Crippen LogP contribution >= 0.6 is 0 Å². The highest BCUT2D eigenvalue weighted by Gasteiger charge is 2.12. The van der Waals surface area contributed by atoms with Crippen molar-refractivity contribution in [2.75, 3.05) is 19.0 Å². The summed E-state index contributed by atoms with van der Waals surface area (Å²) >= 11 is 0. The first-order valence-corrected chi connectivity index (χ1v) is 7.70. The van der Waals surface area contributed by atoms with Crippen molar-refractivity contribution in [3.8, 4) is 6.07 Å². The second-order valence-corrected chi connectivity index (χ2v) is 5.66. The quantitative estimate of drug-likeness (QED) is 0.260. The number of non-ortho nitro benzene ring substituents is 1. The normalized spacial score (nSPS) is 10.7. The van der Waals surface area contributed by atoms with Crippen LogP contribution in [0.25, 0.3) is 6.08 Å². The Morgan fingerprint density at radius 2 is 1.81 bits per heavy atom. The highest BCUT2D eigenvalue weighted by molar-refractivity contribution is 5.97. The monoisotopic (exact) mass is 351 g/mol. The average molecular weight is 351 g/mol. The molecule has 0 unspecified atom stereocenters. The molecule has 0 heterocycles. The number of carbonyl (C=O) groups is 1. The maximum atomic E-state index is 12.1. The van der Waals surface area contributed by atoms with E-state index in [1.54, 1.807) is 12.1 Å². The standard InChI is InChI=1S/C19H17N3O4/c1-21(2)17-7-3-14(4-8-17)11-16(12-20)19(23)26-13-15-5-9-18(10-6-15)22(24)25/h3-11H,13H2,1-2H3/b16-11+. The summed E-state index contributed by atoms with van der Waals surface area (Å²) in [4.78, 5) is 24.1. The van der Waals surface area contributed by atoms with Crippen LogP contribution in [-0.4, -0.2) is 25.0 Å². The van der Waals surface area contributed by atoms with Crippen LogP contribution in [-0.2, 0) is 16.1 Å². The Hall–Kier alpha value is -3.66. The molecule has 0 saturated heterocycles. The van der Waals surface area contributed by atoms with Gasteiger partial charge in [-0.15, -0.1) is 0 Å². The van der Waals surface area contributed by atoms with Crippen LogP contribution in [0.2, 0.25) is 0 Å². The zero-order valence-corrected chi connectivity index (χ0v) is 14.4. The van der Waals surface area contributed by atoms with E-state index < -0.39 is 10.9 Å². The van der Waals surface area contributed by atoms with Crippen LogP contribution in [0, 0.1) is 21.4 Å². The summed E-state index contributed by atoms with van der Waals surface area (Å²) in [5, 5.41) is 19.8. The molecule has 2 aromatic rings. The lowest BCUT2D eigenvalue weighted by molar-refractivity contribution is -0.384. The van der Waals surface area contributed by atoms with Gasteiger partial charge in [0.1, 0.15) is 18.2 Å². The third-order valence-corrected chi connectivity index (χ3v) is 3.58. The molecule has 0 aliphatic carbocycles. The molecule has 0 spiro atoms. The topological polar surface area (TPSA) is 96.5 Å². The predicted octanol–water partition coefficient (Wildman–Crippen LogP) is 3.31. The van der Waals surface area contributed by atoms with Gasteiger partial charge in [-0.1, -0.05) is 12.1 Å². The molecule has 0 radical (unpaired) electrons. The Balaban J connectivity index is 2.03. The van der Waals surface area contributed by atoms with E-state index in [0.29, 0.717) is 11.1 Å². The Kier molecular flexibility index (Phi) is 6.06. The van der Waals surface area contributed by atoms with Crippen molar-refractivity contribution in [1.82, 2.24) is 0 Å². The van der Waals surface area contributed by atoms with Gasteiger partial charge in [-0.05, 0) is 41.5 Å². The van der Waals surface area contributed by atoms with E-state index in [1.165, 1.54) is 30.3 Å². The third-order valence-electron chi connectivity index (χ3n) is 3.58. The molecule has 7 heteroatoms. The lowest BCUT2D eigenvalue weighted by Gasteiger charge is -2.11. The zero-order valence-electron chi connectivity index (χ0n) is 14.4. The van der Waals surface area contributed by atoms with Gasteiger partial charge in [0.15, 0.2) is 0 Å². The van der Waals surface area contributed by atoms with Crippen molar-refractivity contribution in [3.05, 3.63) is 75.3 Å². The van der Waals surface area contributed by atoms with Crippen molar-refractivity contribution in [2.45, 2.75) is 6.61 Å². The van der Waals surface area contributed by atoms with Gasteiger partial charge in [0.25, 0.3) is 5.69 Å². The van der Waals surface area contributed by atoms with Gasteiger partial charge in [-0.2, -0.15) is 5.26 Å². The Morgan fingerprint density at radius 3 is 2.31 bits per heavy atom. The second kappa shape index (κ2) is 8.44. The van der Waals surface area contributed by atoms with E-state index in [4.69, 9.17) is 4.74 Å². The summed E-state index contributed by atoms with van der Waals surface area (Å²) in [7, 11) is 3.84. The minimum atomic E-state index is -0.748. The Bertz CT molecular complexity index is 863. The fourth-order valence-electron chi connectivity index (χ4n) is 2.11. The fraction of sp³-hybridized carbons (Fsp3) is 0.158. The van der Waals surface area contributed by atoms with Crippen LogP contribution in [0.4, 0.5) is 11.4 Å². The van der Waals surface area contributed by atoms with Crippen LogP contribution in [0.1, 0.15) is 11.1 Å². The molecule has 0 N–H and O–H groups in total. The third kappa shape index (κ3) is 4.92. The first kappa shape index (κ1) is 18.7. The fourth-order valence-corrected chi connectivity index (χ4v) is 2.11. The number of rotatable bonds is 6. The number of nitro groups is 1. The van der Waals surface area contributed by atoms with E-state index in [2.05, 4.69) is 0 Å². The molecular formula is C19H17N3O4. The maximum Gasteiger partial charge on any atom is 0.349 e. The molecule has 2 aromatic carbocycles. The lowest BCUT2D eigenvalue weighted by atomic mass is 10.1. The highest BCUT2D eigenvalue weighted by atomic mass is 16.6. The van der Waals surface area contributed by atoms with Gasteiger partial charge in [-0.25, -0.2) is 4.79 Å². The van der Waals surface area contributed by atoms with Gasteiger partial charge >= 0.3 is 5.97 Å². The second-order valence-electron chi connectivity index (χ2n) is 5.66. The van der Waals surface area contributed by atoms with Crippen molar-refractivity contribution in [3.63, 3.8) is 0 Å². The van der Waals surface area contributed by atoms with Crippen LogP contribution in [0.3, 0.4) is 0 Å². The molecule has 7 nitrogen and oxygen atoms in total. The first-order chi connectivity index (χ1) is 12.4. The molecule has 0 aliphatic heterocycles. The van der Waals surface area contributed by atoms with E-state index in [0.717, 1.165) is 5.69 Å².